The molecule has 3 rings (SSSR count). The Morgan fingerprint density at radius 2 is 1.59 bits per heavy atom. The standard InChI is InChI=1S/C30H36N2O5/c1-9-37-29(34)24(17-30(6,7)8)31-26(22-13-10-18(2)11-14-22)21(5)25(27(28(31)33)32(35)36)23-15-12-19(3)20(4)16-23/h10-16,24H,9,17H2,1-8H3. The van der Waals surface area contributed by atoms with Crippen LogP contribution in [0, 0.1) is 43.2 Å². The molecule has 0 amide bonds. The summed E-state index contributed by atoms with van der Waals surface area (Å²) < 4.78 is 6.68. The van der Waals surface area contributed by atoms with Gasteiger partial charge in [-0.3, -0.25) is 19.5 Å². The number of aryl methyl sites for hydroxylation is 3. The summed E-state index contributed by atoms with van der Waals surface area (Å²) >= 11 is 0. The molecule has 0 N–H and O–H groups in total. The van der Waals surface area contributed by atoms with Crippen LogP contribution >= 0.6 is 0 Å². The number of rotatable bonds is 7. The molecule has 0 aliphatic rings. The minimum atomic E-state index is -1.03. The molecule has 0 fully saturated rings. The van der Waals surface area contributed by atoms with Crippen LogP contribution in [0.25, 0.3) is 22.4 Å². The molecule has 37 heavy (non-hydrogen) atoms. The van der Waals surface area contributed by atoms with Crippen molar-refractivity contribution < 1.29 is 14.5 Å². The molecule has 0 aliphatic carbocycles. The first-order valence-corrected chi connectivity index (χ1v) is 12.5. The predicted octanol–water partition coefficient (Wildman–Crippen LogP) is 6.86. The second kappa shape index (κ2) is 10.7. The van der Waals surface area contributed by atoms with Gasteiger partial charge in [0.05, 0.1) is 22.8 Å². The Morgan fingerprint density at radius 1 is 1.00 bits per heavy atom. The molecule has 7 heteroatoms. The van der Waals surface area contributed by atoms with Crippen molar-refractivity contribution in [2.75, 3.05) is 6.61 Å². The van der Waals surface area contributed by atoms with Crippen LogP contribution in [0.3, 0.4) is 0 Å². The fourth-order valence-corrected chi connectivity index (χ4v) is 4.68. The maximum absolute atomic E-state index is 14.1. The first kappa shape index (κ1) is 27.8. The van der Waals surface area contributed by atoms with Gasteiger partial charge in [0.25, 0.3) is 0 Å². The Balaban J connectivity index is 2.55. The average molecular weight is 505 g/mol. The molecule has 0 saturated carbocycles. The molecular formula is C30H36N2O5. The first-order valence-electron chi connectivity index (χ1n) is 12.5. The number of pyridine rings is 1. The summed E-state index contributed by atoms with van der Waals surface area (Å²) in [6, 6.07) is 12.1. The van der Waals surface area contributed by atoms with E-state index in [1.54, 1.807) is 19.9 Å². The highest BCUT2D eigenvalue weighted by Crippen LogP contribution is 2.40. The van der Waals surface area contributed by atoms with Gasteiger partial charge in [-0.1, -0.05) is 68.8 Å². The van der Waals surface area contributed by atoms with Gasteiger partial charge in [0.15, 0.2) is 0 Å². The van der Waals surface area contributed by atoms with Gasteiger partial charge in [-0.25, -0.2) is 4.79 Å². The number of esters is 1. The molecule has 1 atom stereocenters. The monoisotopic (exact) mass is 504 g/mol. The normalized spacial score (nSPS) is 12.3. The van der Waals surface area contributed by atoms with Crippen LogP contribution in [0.4, 0.5) is 5.69 Å². The Bertz CT molecular complexity index is 1400. The Hall–Kier alpha value is -3.74. The van der Waals surface area contributed by atoms with Crippen molar-refractivity contribution in [1.29, 1.82) is 0 Å². The summed E-state index contributed by atoms with van der Waals surface area (Å²) in [7, 11) is 0. The molecule has 0 aliphatic heterocycles. The van der Waals surface area contributed by atoms with E-state index in [1.165, 1.54) is 4.57 Å². The average Bonchev–Trinajstić information content (AvgIpc) is 2.80. The number of benzene rings is 2. The second-order valence-corrected chi connectivity index (χ2v) is 10.8. The van der Waals surface area contributed by atoms with E-state index in [0.717, 1.165) is 16.7 Å². The number of hydrogen-bond donors (Lipinski definition) is 0. The number of carbonyl (C=O) groups excluding carboxylic acids is 1. The second-order valence-electron chi connectivity index (χ2n) is 10.8. The maximum Gasteiger partial charge on any atom is 0.342 e. The highest BCUT2D eigenvalue weighted by molar-refractivity contribution is 5.84. The van der Waals surface area contributed by atoms with Crippen molar-refractivity contribution in [3.05, 3.63) is 85.2 Å². The van der Waals surface area contributed by atoms with E-state index in [4.69, 9.17) is 4.74 Å². The summed E-state index contributed by atoms with van der Waals surface area (Å²) in [5.74, 6) is -0.583. The van der Waals surface area contributed by atoms with E-state index >= 15 is 0 Å². The molecule has 2 aromatic carbocycles. The third-order valence-electron chi connectivity index (χ3n) is 6.61. The highest BCUT2D eigenvalue weighted by atomic mass is 16.6. The van der Waals surface area contributed by atoms with E-state index in [1.807, 2.05) is 77.9 Å². The molecular weight excluding hydrogens is 468 g/mol. The summed E-state index contributed by atoms with van der Waals surface area (Å²) in [4.78, 5) is 39.2. The van der Waals surface area contributed by atoms with Crippen LogP contribution < -0.4 is 5.56 Å². The van der Waals surface area contributed by atoms with Gasteiger partial charge in [0.1, 0.15) is 6.04 Å². The van der Waals surface area contributed by atoms with Gasteiger partial charge in [0.2, 0.25) is 0 Å². The summed E-state index contributed by atoms with van der Waals surface area (Å²) in [5, 5.41) is 12.4. The van der Waals surface area contributed by atoms with E-state index in [-0.39, 0.29) is 24.0 Å². The lowest BCUT2D eigenvalue weighted by atomic mass is 9.86. The van der Waals surface area contributed by atoms with Crippen molar-refractivity contribution in [2.24, 2.45) is 5.41 Å². The summed E-state index contributed by atoms with van der Waals surface area (Å²) in [5.41, 5.74) is 3.90. The minimum Gasteiger partial charge on any atom is -0.464 e. The van der Waals surface area contributed by atoms with Gasteiger partial charge in [-0.05, 0) is 74.3 Å². The SMILES string of the molecule is CCOC(=O)C(CC(C)(C)C)n1c(-c2ccc(C)cc2)c(C)c(-c2ccc(C)c(C)c2)c([N+](=O)[O-])c1=O. The zero-order valence-electron chi connectivity index (χ0n) is 23.0. The lowest BCUT2D eigenvalue weighted by Crippen LogP contribution is -2.36. The Morgan fingerprint density at radius 3 is 2.11 bits per heavy atom. The van der Waals surface area contributed by atoms with Gasteiger partial charge in [-0.2, -0.15) is 0 Å². The van der Waals surface area contributed by atoms with E-state index in [9.17, 15) is 19.7 Å². The molecule has 196 valence electrons. The molecule has 1 heterocycles. The van der Waals surface area contributed by atoms with Crippen molar-refractivity contribution in [2.45, 2.75) is 67.9 Å². The van der Waals surface area contributed by atoms with Gasteiger partial charge in [-0.15, -0.1) is 0 Å². The topological polar surface area (TPSA) is 91.4 Å². The smallest absolute Gasteiger partial charge is 0.342 e. The van der Waals surface area contributed by atoms with E-state index in [2.05, 4.69) is 0 Å². The van der Waals surface area contributed by atoms with Crippen LogP contribution in [0.2, 0.25) is 0 Å². The number of nitro groups is 1. The number of hydrogen-bond acceptors (Lipinski definition) is 5. The fourth-order valence-electron chi connectivity index (χ4n) is 4.68. The van der Waals surface area contributed by atoms with Crippen molar-refractivity contribution in [3.8, 4) is 22.4 Å². The number of carbonyl (C=O) groups is 1. The predicted molar refractivity (Wildman–Crippen MR) is 147 cm³/mol. The lowest BCUT2D eigenvalue weighted by Gasteiger charge is -2.29. The molecule has 0 spiro atoms. The number of ether oxygens (including phenoxy) is 1. The molecule has 0 radical (unpaired) electrons. The van der Waals surface area contributed by atoms with E-state index < -0.39 is 28.2 Å². The highest BCUT2D eigenvalue weighted by Gasteiger charge is 2.36. The van der Waals surface area contributed by atoms with Crippen LogP contribution in [-0.2, 0) is 9.53 Å². The van der Waals surface area contributed by atoms with Crippen molar-refractivity contribution in [3.63, 3.8) is 0 Å². The van der Waals surface area contributed by atoms with Gasteiger partial charge < -0.3 is 4.74 Å². The third kappa shape index (κ3) is 5.82. The quantitative estimate of drug-likeness (QED) is 0.199. The number of nitrogens with zero attached hydrogens (tertiary/aromatic N) is 2. The third-order valence-corrected chi connectivity index (χ3v) is 6.61. The number of aromatic nitrogens is 1. The fraction of sp³-hybridized carbons (Fsp3) is 0.400. The van der Waals surface area contributed by atoms with Crippen molar-refractivity contribution >= 4 is 11.7 Å². The summed E-state index contributed by atoms with van der Waals surface area (Å²) in [6.07, 6.45) is 0.268. The van der Waals surface area contributed by atoms with Crippen LogP contribution in [-0.4, -0.2) is 22.1 Å². The van der Waals surface area contributed by atoms with Crippen LogP contribution in [0.1, 0.15) is 62.4 Å². The Labute approximate surface area is 218 Å². The molecule has 7 nitrogen and oxygen atoms in total. The minimum absolute atomic E-state index is 0.135. The van der Waals surface area contributed by atoms with E-state index in [0.29, 0.717) is 22.4 Å². The molecule has 3 aromatic rings. The molecule has 0 saturated heterocycles. The zero-order valence-corrected chi connectivity index (χ0v) is 23.0. The molecule has 1 aromatic heterocycles. The molecule has 1 unspecified atom stereocenters. The first-order chi connectivity index (χ1) is 17.3. The zero-order chi connectivity index (χ0) is 27.7. The maximum atomic E-state index is 14.1. The van der Waals surface area contributed by atoms with Crippen LogP contribution in [0.5, 0.6) is 0 Å². The Kier molecular flexibility index (Phi) is 8.06. The molecule has 0 bridgehead atoms. The lowest BCUT2D eigenvalue weighted by molar-refractivity contribution is -0.385. The van der Waals surface area contributed by atoms with Gasteiger partial charge >= 0.3 is 17.2 Å². The van der Waals surface area contributed by atoms with Gasteiger partial charge in [0, 0.05) is 0 Å². The largest absolute Gasteiger partial charge is 0.464 e. The van der Waals surface area contributed by atoms with Crippen molar-refractivity contribution in [1.82, 2.24) is 4.57 Å². The van der Waals surface area contributed by atoms with Crippen LogP contribution in [0.15, 0.2) is 47.3 Å². The summed E-state index contributed by atoms with van der Waals surface area (Å²) in [6.45, 7) is 15.3.